The smallest absolute Gasteiger partial charge is 0.426 e. The van der Waals surface area contributed by atoms with Gasteiger partial charge >= 0.3 is 97.6 Å². The number of esters is 6. The second-order valence-corrected chi connectivity index (χ2v) is 45.6. The first-order valence-corrected chi connectivity index (χ1v) is 47.7. The zero-order valence-corrected chi connectivity index (χ0v) is 80.9. The van der Waals surface area contributed by atoms with Gasteiger partial charge in [0.15, 0.2) is 33.9 Å². The van der Waals surface area contributed by atoms with Crippen LogP contribution < -0.4 is 0 Å². The van der Waals surface area contributed by atoms with Gasteiger partial charge in [-0.2, -0.15) is 132 Å². The molecule has 3 saturated heterocycles. The summed E-state index contributed by atoms with van der Waals surface area (Å²) in [5.74, 6) is -6.20. The average Bonchev–Trinajstić information content (AvgIpc) is 1.51. The van der Waals surface area contributed by atoms with Gasteiger partial charge in [0.25, 0.3) is 16.8 Å². The second kappa shape index (κ2) is 39.2. The first-order valence-electron chi connectivity index (χ1n) is 47.7. The van der Waals surface area contributed by atoms with Crippen molar-refractivity contribution in [1.82, 2.24) is 0 Å². The number of alkyl halides is 30. The van der Waals surface area contributed by atoms with E-state index in [0.29, 0.717) is 51.4 Å². The largest absolute Gasteiger partial charge is 0.461 e. The Kier molecular flexibility index (Phi) is 33.1. The highest BCUT2D eigenvalue weighted by molar-refractivity contribution is 5.84. The molecule has 140 heavy (non-hydrogen) atoms. The monoisotopic (exact) mass is 2080 g/mol. The zero-order valence-electron chi connectivity index (χ0n) is 80.9. The van der Waals surface area contributed by atoms with Crippen LogP contribution >= 0.6 is 0 Å². The van der Waals surface area contributed by atoms with Crippen LogP contribution in [0.4, 0.5) is 132 Å². The first kappa shape index (κ1) is 118. The number of carbonyl (C=O) groups excluding carboxylic acids is 6. The summed E-state index contributed by atoms with van der Waals surface area (Å²) in [4.78, 5) is 72.7. The van der Waals surface area contributed by atoms with E-state index in [9.17, 15) is 176 Å². The van der Waals surface area contributed by atoms with Crippen molar-refractivity contribution in [2.45, 2.75) is 405 Å². The summed E-state index contributed by atoms with van der Waals surface area (Å²) >= 11 is 0. The number of halogens is 30. The maximum Gasteiger partial charge on any atom is 0.426 e. The number of hydrogen-bond acceptors (Lipinski definition) is 16. The van der Waals surface area contributed by atoms with Gasteiger partial charge in [0.1, 0.15) is 35.6 Å². The molecule has 16 nitrogen and oxygen atoms in total. The predicted molar refractivity (Wildman–Crippen MR) is 435 cm³/mol. The molecule has 12 saturated carbocycles. The third kappa shape index (κ3) is 22.1. The normalized spacial score (nSPS) is 35.7. The zero-order chi connectivity index (χ0) is 107. The molecular formula is C94H130F30O16. The third-order valence-electron chi connectivity index (χ3n) is 35.5. The van der Waals surface area contributed by atoms with Crippen LogP contribution in [-0.4, -0.2) is 178 Å². The van der Waals surface area contributed by atoms with Crippen LogP contribution in [0.2, 0.25) is 0 Å². The van der Waals surface area contributed by atoms with E-state index in [-0.39, 0.29) is 108 Å². The Balaban J connectivity index is 0.000000190. The number of aliphatic hydroxyl groups is 3. The summed E-state index contributed by atoms with van der Waals surface area (Å²) < 4.78 is 426. The van der Waals surface area contributed by atoms with E-state index in [1.807, 2.05) is 48.5 Å². The Morgan fingerprint density at radius 1 is 0.364 bits per heavy atom. The van der Waals surface area contributed by atoms with Crippen LogP contribution in [0.5, 0.6) is 0 Å². The Labute approximate surface area is 792 Å². The minimum absolute atomic E-state index is 0.00857. The van der Waals surface area contributed by atoms with Crippen LogP contribution in [0, 0.1) is 145 Å². The van der Waals surface area contributed by atoms with Crippen molar-refractivity contribution >= 4 is 35.8 Å². The van der Waals surface area contributed by atoms with E-state index in [1.165, 1.54) is 44.9 Å². The molecule has 812 valence electrons. The Morgan fingerprint density at radius 2 is 0.700 bits per heavy atom. The molecular weight excluding hydrogens is 1950 g/mol. The van der Waals surface area contributed by atoms with Crippen molar-refractivity contribution < 1.29 is 209 Å². The predicted octanol–water partition coefficient (Wildman–Crippen LogP) is 25.2. The first-order chi connectivity index (χ1) is 62.9. The highest BCUT2D eigenvalue weighted by Gasteiger charge is 2.83. The fourth-order valence-electron chi connectivity index (χ4n) is 25.3. The number of carbonyl (C=O) groups is 6. The van der Waals surface area contributed by atoms with Gasteiger partial charge in [0, 0.05) is 11.8 Å². The van der Waals surface area contributed by atoms with E-state index in [1.54, 1.807) is 0 Å². The van der Waals surface area contributed by atoms with Crippen molar-refractivity contribution in [3.63, 3.8) is 0 Å². The molecule has 0 radical (unpaired) electrons. The van der Waals surface area contributed by atoms with Gasteiger partial charge in [-0.25, -0.2) is 0 Å². The summed E-state index contributed by atoms with van der Waals surface area (Å²) in [6, 6.07) is 0. The average molecular weight is 2090 g/mol. The van der Waals surface area contributed by atoms with Crippen molar-refractivity contribution in [2.24, 2.45) is 145 Å². The van der Waals surface area contributed by atoms with Crippen LogP contribution in [0.1, 0.15) is 279 Å². The summed E-state index contributed by atoms with van der Waals surface area (Å²) in [6.45, 7) is 30.1. The van der Waals surface area contributed by atoms with Crippen LogP contribution in [0.25, 0.3) is 0 Å². The highest BCUT2D eigenvalue weighted by atomic mass is 19.5. The molecule has 26 unspecified atom stereocenters. The molecule has 3 heterocycles. The third-order valence-corrected chi connectivity index (χ3v) is 35.5. The van der Waals surface area contributed by atoms with Crippen LogP contribution in [0.3, 0.4) is 0 Å². The standard InChI is InChI=1S/C19H32O2.2C17H21F9O3.C14H14F6O5.C14H24O2.C13H18F6O/c1-6-17(2,3)16(20)21-18(4,5)19-10-13-7-14(11-19)9-15(8-13)12-19;2*1-3-13(2,15(18,19)20)12(27)29-11-6-8-4-9(10(11)5-8)7-14(28,16(21,22)23)17(24,25)26;1-3-11(2,13(15,16)17)9(21)24-6-5-4-12(14(18,19)20)8(23-5)7(6)25-10(12)22;1-8-9(2)11-6-10(8)7-12(11)13(15)16-14(3,4)5;1-6-7(2)10-4-8(6)3-9(10)5-11(20,12(14,15)16)13(17,18)19/h13-15H,6-12H2,1-5H3;2*8-11,28H,3-7H2,1-2H3;5-8H,3-4H2,1-2H3;8-12H,6-7H2,1-5H3;6-10,20H,3-5H2,1-2H3. The van der Waals surface area contributed by atoms with Crippen molar-refractivity contribution in [3.8, 4) is 0 Å². The molecule has 14 bridgehead atoms. The quantitative estimate of drug-likeness (QED) is 0.0585. The number of ether oxygens (including phenoxy) is 7. The van der Waals surface area contributed by atoms with Gasteiger partial charge in [0.2, 0.25) is 0 Å². The lowest BCUT2D eigenvalue weighted by Crippen LogP contribution is -2.58. The number of rotatable bonds is 20. The molecule has 0 spiro atoms. The summed E-state index contributed by atoms with van der Waals surface area (Å²) in [5, 5.41) is 28.1. The van der Waals surface area contributed by atoms with E-state index >= 15 is 0 Å². The topological polar surface area (TPSA) is 228 Å². The molecule has 15 rings (SSSR count). The molecule has 12 aliphatic carbocycles. The van der Waals surface area contributed by atoms with Gasteiger partial charge in [0.05, 0.1) is 11.3 Å². The maximum atomic E-state index is 13.3. The summed E-state index contributed by atoms with van der Waals surface area (Å²) in [7, 11) is 0. The van der Waals surface area contributed by atoms with Gasteiger partial charge < -0.3 is 48.5 Å². The molecule has 3 N–H and O–H groups in total. The Hall–Kier alpha value is -5.44. The van der Waals surface area contributed by atoms with Crippen LogP contribution in [-0.2, 0) is 61.9 Å². The molecule has 0 aromatic rings. The lowest BCUT2D eigenvalue weighted by Gasteiger charge is -2.61. The van der Waals surface area contributed by atoms with E-state index in [2.05, 4.69) is 39.4 Å². The van der Waals surface area contributed by atoms with Crippen molar-refractivity contribution in [3.05, 3.63) is 0 Å². The minimum atomic E-state index is -5.98. The minimum Gasteiger partial charge on any atom is -0.461 e. The second-order valence-electron chi connectivity index (χ2n) is 45.6. The summed E-state index contributed by atoms with van der Waals surface area (Å²) in [5.41, 5.74) is -26.5. The molecule has 26 atom stereocenters. The number of hydrogen-bond donors (Lipinski definition) is 3. The van der Waals surface area contributed by atoms with Crippen molar-refractivity contribution in [1.29, 1.82) is 0 Å². The van der Waals surface area contributed by atoms with Gasteiger partial charge in [-0.15, -0.1) is 0 Å². The van der Waals surface area contributed by atoms with Gasteiger partial charge in [-0.3, -0.25) is 28.8 Å². The van der Waals surface area contributed by atoms with E-state index < -0.39 is 235 Å². The fraction of sp³-hybridized carbons (Fsp3) is 0.936. The Morgan fingerprint density at radius 3 is 0.993 bits per heavy atom. The molecule has 15 aliphatic rings. The lowest BCUT2D eigenvalue weighted by atomic mass is 9.46. The molecule has 15 fully saturated rings. The van der Waals surface area contributed by atoms with Crippen molar-refractivity contribution in [2.75, 3.05) is 0 Å². The molecule has 46 heteroatoms. The maximum absolute atomic E-state index is 13.3. The molecule has 3 aliphatic heterocycles. The van der Waals surface area contributed by atoms with Gasteiger partial charge in [-0.05, 0) is 323 Å². The molecule has 0 amide bonds. The fourth-order valence-corrected chi connectivity index (χ4v) is 25.3. The lowest BCUT2D eigenvalue weighted by molar-refractivity contribution is -0.374. The molecule has 0 aromatic carbocycles. The van der Waals surface area contributed by atoms with E-state index in [4.69, 9.17) is 28.4 Å². The van der Waals surface area contributed by atoms with E-state index in [0.717, 1.165) is 63.2 Å². The van der Waals surface area contributed by atoms with Crippen LogP contribution in [0.15, 0.2) is 0 Å². The number of fused-ring (bicyclic) bond motifs is 9. The molecule has 0 aromatic heterocycles. The Bertz CT molecular complexity index is 4160. The highest BCUT2D eigenvalue weighted by Crippen LogP contribution is 2.68. The SMILES string of the molecule is CC1C2CC(C(=O)OC(C)(C)C)C(C2)C1C.CC1C2CC(CC(O)(C(F)(F)F)C(F)(F)F)C(C2)C1C.CCC(C)(C(=O)OC1C2CC3(C(F)(F)F)C(=O)OC1C3O2)C(F)(F)F.CCC(C)(C(=O)OC1CC2CC(CC(O)(C(F)(F)F)C(F)(F)F)C1C2)C(F)(F)F.CCC(C)(C(=O)OC1CC2CC(CC(O)(C(F)(F)F)C(F)(F)F)C1C2)C(F)(F)F.CCC(C)(C)C(=O)OC(C)(C)C12CC3CC(CC(C3)C1)C2. The van der Waals surface area contributed by atoms with Gasteiger partial charge in [-0.1, -0.05) is 55.4 Å². The summed E-state index contributed by atoms with van der Waals surface area (Å²) in [6.07, 6.45) is -58.3.